The number of carboxylic acid groups (broad SMARTS) is 3. The van der Waals surface area contributed by atoms with E-state index < -0.39 is 92.2 Å². The van der Waals surface area contributed by atoms with Crippen LogP contribution in [0.1, 0.15) is 96.0 Å². The number of carbonyl (C=O) groups excluding carboxylic acids is 2. The first-order valence-corrected chi connectivity index (χ1v) is 22.3. The summed E-state index contributed by atoms with van der Waals surface area (Å²) in [6.07, 6.45) is -6.02. The minimum Gasteiger partial charge on any atom is -0.481 e. The van der Waals surface area contributed by atoms with E-state index in [9.17, 15) is 49.5 Å². The standard InChI is InChI=1S/C34H36N4O6.2C7H15NO5/c1-7-19-15(3)23-12-25-17(5)21(9-10-29(39)40)32(37-25)22(11-30(41)42)33-31(34(43)44)18(6)26(38-33)14-28-20(8-2)16(4)24(36-28)13-27(19)35-23;2*1-8-4(2-9)6(12)7(13)5(11)3-10/h7,12-14,17,21,35-36H,1,8-11H2,2-6H3,(H,39,40)(H,41,42)(H,43,44);2*2,4-8,10-13H,3H2,1H3/t17-,21-;2*4-,5+,6+,7+/m000/s1. The number of aryl methyl sites for hydroxylation is 3. The van der Waals surface area contributed by atoms with Crippen molar-refractivity contribution in [3.8, 4) is 0 Å². The lowest BCUT2D eigenvalue weighted by Crippen LogP contribution is -2.51. The molecule has 0 saturated heterocycles. The molecule has 0 spiro atoms. The van der Waals surface area contributed by atoms with Gasteiger partial charge >= 0.3 is 17.9 Å². The zero-order chi connectivity index (χ0) is 52.9. The predicted octanol–water partition coefficient (Wildman–Crippen LogP) is 0.228. The monoisotopic (exact) mass is 982 g/mol. The number of carbonyl (C=O) groups is 5. The number of aliphatic hydroxyl groups excluding tert-OH is 8. The fraction of sp³-hybridized carbons (Fsp3) is 0.479. The average Bonchev–Trinajstić information content (AvgIpc) is 4.02. The van der Waals surface area contributed by atoms with Gasteiger partial charge in [0.2, 0.25) is 0 Å². The molecule has 0 aromatic carbocycles. The van der Waals surface area contributed by atoms with Gasteiger partial charge in [0.15, 0.2) is 0 Å². The number of aliphatic carboxylic acids is 3. The fourth-order valence-corrected chi connectivity index (χ4v) is 8.26. The summed E-state index contributed by atoms with van der Waals surface area (Å²) in [4.78, 5) is 73.9. The Kier molecular flexibility index (Phi) is 21.8. The summed E-state index contributed by atoms with van der Waals surface area (Å²) in [6, 6.07) is 3.82. The maximum Gasteiger partial charge on any atom is 0.338 e. The Morgan fingerprint density at radius 1 is 0.743 bits per heavy atom. The Hall–Kier alpha value is -6.05. The zero-order valence-electron chi connectivity index (χ0n) is 40.0. The summed E-state index contributed by atoms with van der Waals surface area (Å²) in [5.74, 6) is -4.13. The third-order valence-corrected chi connectivity index (χ3v) is 12.5. The van der Waals surface area contributed by atoms with Crippen molar-refractivity contribution in [3.63, 3.8) is 0 Å². The number of aromatic nitrogens is 4. The summed E-state index contributed by atoms with van der Waals surface area (Å²) in [7, 11) is 2.86. The molecule has 5 rings (SSSR count). The van der Waals surface area contributed by atoms with Gasteiger partial charge in [-0.3, -0.25) is 14.6 Å². The molecule has 70 heavy (non-hydrogen) atoms. The second kappa shape index (κ2) is 26.2. The van der Waals surface area contributed by atoms with Gasteiger partial charge in [-0.2, -0.15) is 0 Å². The topological polar surface area (TPSA) is 389 Å². The van der Waals surface area contributed by atoms with Gasteiger partial charge in [-0.1, -0.05) is 26.5 Å². The number of fused-ring (bicyclic) bond motifs is 8. The number of nitrogens with zero attached hydrogens (tertiary/aromatic N) is 2. The number of aldehydes is 2. The number of allylic oxidation sites excluding steroid dienone is 1. The lowest BCUT2D eigenvalue weighted by atomic mass is 9.84. The second-order valence-corrected chi connectivity index (χ2v) is 16.9. The SMILES string of the molecule is C=Cc1c(C)c2cc3nc(c(CC(=O)O)c4nc(cc5[nH]c(cc1[nH]2)c(C)c5CC)C(C)=C4C(=O)O)[C@@H](CCC(=O)O)[C@@H]3C.CN[C@@H](C=O)[C@@H](O)[C@H](O)[C@H](O)CO.CN[C@@H](C=O)[C@@H](O)[C@H](O)[C@H](O)CO. The molecule has 2 aliphatic heterocycles. The van der Waals surface area contributed by atoms with Gasteiger partial charge in [-0.25, -0.2) is 9.78 Å². The molecule has 3 aromatic heterocycles. The molecule has 0 aliphatic carbocycles. The maximum atomic E-state index is 12.7. The smallest absolute Gasteiger partial charge is 0.338 e. The van der Waals surface area contributed by atoms with Gasteiger partial charge in [-0.05, 0) is 88.2 Å². The highest BCUT2D eigenvalue weighted by Crippen LogP contribution is 2.43. The lowest BCUT2D eigenvalue weighted by molar-refractivity contribution is -0.138. The molecule has 0 amide bonds. The van der Waals surface area contributed by atoms with E-state index in [2.05, 4.69) is 27.2 Å². The van der Waals surface area contributed by atoms with Crippen molar-refractivity contribution >= 4 is 69.8 Å². The number of nitrogens with one attached hydrogen (secondary N) is 4. The normalized spacial score (nSPS) is 17.8. The van der Waals surface area contributed by atoms with Crippen molar-refractivity contribution in [2.45, 2.75) is 121 Å². The Labute approximate surface area is 403 Å². The highest BCUT2D eigenvalue weighted by atomic mass is 16.4. The van der Waals surface area contributed by atoms with Gasteiger partial charge in [0, 0.05) is 57.1 Å². The van der Waals surface area contributed by atoms with Gasteiger partial charge in [0.1, 0.15) is 49.2 Å². The molecule has 10 atom stereocenters. The summed E-state index contributed by atoms with van der Waals surface area (Å²) in [5.41, 5.74) is 9.23. The first-order valence-electron chi connectivity index (χ1n) is 22.3. The van der Waals surface area contributed by atoms with Crippen molar-refractivity contribution in [1.29, 1.82) is 0 Å². The van der Waals surface area contributed by atoms with Crippen LogP contribution in [-0.4, -0.2) is 183 Å². The molecule has 0 radical (unpaired) electrons. The molecule has 5 heterocycles. The van der Waals surface area contributed by atoms with Crippen molar-refractivity contribution in [2.75, 3.05) is 27.3 Å². The number of H-pyrrole nitrogens is 2. The Morgan fingerprint density at radius 3 is 1.71 bits per heavy atom. The van der Waals surface area contributed by atoms with Crippen LogP contribution < -0.4 is 10.6 Å². The number of hydrogen-bond donors (Lipinski definition) is 15. The quantitative estimate of drug-likeness (QED) is 0.0674. The molecule has 15 N–H and O–H groups in total. The average molecular weight is 983 g/mol. The molecule has 2 aliphatic rings. The molecule has 22 nitrogen and oxygen atoms in total. The Morgan fingerprint density at radius 2 is 1.27 bits per heavy atom. The van der Waals surface area contributed by atoms with Crippen LogP contribution in [0.5, 0.6) is 0 Å². The Balaban J connectivity index is 0.000000408. The number of aliphatic hydroxyl groups is 8. The highest BCUT2D eigenvalue weighted by molar-refractivity contribution is 6.24. The Bertz CT molecular complexity index is 2540. The van der Waals surface area contributed by atoms with E-state index in [1.165, 1.54) is 14.1 Å². The van der Waals surface area contributed by atoms with Crippen molar-refractivity contribution < 1.29 is 80.1 Å². The molecule has 384 valence electrons. The third-order valence-electron chi connectivity index (χ3n) is 12.5. The van der Waals surface area contributed by atoms with Crippen LogP contribution in [0.3, 0.4) is 0 Å². The van der Waals surface area contributed by atoms with Crippen LogP contribution in [-0.2, 0) is 36.8 Å². The summed E-state index contributed by atoms with van der Waals surface area (Å²) in [5, 5.41) is 106. The van der Waals surface area contributed by atoms with E-state index in [1.807, 2.05) is 45.9 Å². The van der Waals surface area contributed by atoms with E-state index in [1.54, 1.807) is 13.0 Å². The van der Waals surface area contributed by atoms with Crippen LogP contribution in [0.2, 0.25) is 0 Å². The summed E-state index contributed by atoms with van der Waals surface area (Å²) in [6.45, 7) is 12.3. The molecular weight excluding hydrogens is 917 g/mol. The van der Waals surface area contributed by atoms with E-state index >= 15 is 0 Å². The largest absolute Gasteiger partial charge is 0.481 e. The first-order chi connectivity index (χ1) is 33.0. The lowest BCUT2D eigenvalue weighted by Gasteiger charge is -2.25. The number of hydrogen-bond acceptors (Lipinski definition) is 17. The number of rotatable bonds is 20. The zero-order valence-corrected chi connectivity index (χ0v) is 40.0. The number of likely N-dealkylation sites (N-methyl/N-ethyl adjacent to an activating group) is 2. The maximum absolute atomic E-state index is 12.7. The number of aromatic amines is 2. The molecule has 0 unspecified atom stereocenters. The van der Waals surface area contributed by atoms with Crippen molar-refractivity contribution in [1.82, 2.24) is 30.6 Å². The van der Waals surface area contributed by atoms with Crippen LogP contribution in [0, 0.1) is 13.8 Å². The molecule has 0 fully saturated rings. The van der Waals surface area contributed by atoms with E-state index in [-0.39, 0.29) is 35.6 Å². The highest BCUT2D eigenvalue weighted by Gasteiger charge is 2.36. The number of carboxylic acids is 3. The van der Waals surface area contributed by atoms with Crippen LogP contribution in [0.25, 0.3) is 39.3 Å². The minimum atomic E-state index is -1.55. The third kappa shape index (κ3) is 13.4. The van der Waals surface area contributed by atoms with Gasteiger partial charge < -0.3 is 86.4 Å². The summed E-state index contributed by atoms with van der Waals surface area (Å²) >= 11 is 0. The molecule has 3 aromatic rings. The molecule has 22 heteroatoms. The van der Waals surface area contributed by atoms with Gasteiger partial charge in [0.05, 0.1) is 54.4 Å². The van der Waals surface area contributed by atoms with Crippen molar-refractivity contribution in [2.24, 2.45) is 0 Å². The molecular formula is C48H66N6O16. The van der Waals surface area contributed by atoms with E-state index in [4.69, 9.17) is 40.6 Å². The van der Waals surface area contributed by atoms with Crippen LogP contribution >= 0.6 is 0 Å². The first kappa shape index (κ1) is 58.3. The summed E-state index contributed by atoms with van der Waals surface area (Å²) < 4.78 is 0. The molecule has 8 bridgehead atoms. The van der Waals surface area contributed by atoms with Crippen LogP contribution in [0.4, 0.5) is 0 Å². The van der Waals surface area contributed by atoms with Gasteiger partial charge in [0.25, 0.3) is 0 Å². The second-order valence-electron chi connectivity index (χ2n) is 16.9. The van der Waals surface area contributed by atoms with Crippen molar-refractivity contribution in [3.05, 3.63) is 75.4 Å². The minimum absolute atomic E-state index is 0.0451. The fourth-order valence-electron chi connectivity index (χ4n) is 8.26. The van der Waals surface area contributed by atoms with Crippen LogP contribution in [0.15, 0.2) is 24.8 Å². The van der Waals surface area contributed by atoms with E-state index in [0.717, 1.165) is 44.3 Å². The van der Waals surface area contributed by atoms with E-state index in [0.29, 0.717) is 41.6 Å². The van der Waals surface area contributed by atoms with Gasteiger partial charge in [-0.15, -0.1) is 0 Å². The molecule has 0 saturated carbocycles. The predicted molar refractivity (Wildman–Crippen MR) is 257 cm³/mol.